The number of nitrogens with zero attached hydrogens (tertiary/aromatic N) is 4. The lowest BCUT2D eigenvalue weighted by Crippen LogP contribution is -2.41. The van der Waals surface area contributed by atoms with E-state index in [1.807, 2.05) is 16.9 Å². The second-order valence-corrected chi connectivity index (χ2v) is 5.61. The van der Waals surface area contributed by atoms with Crippen LogP contribution in [0.25, 0.3) is 0 Å². The van der Waals surface area contributed by atoms with Gasteiger partial charge in [0.2, 0.25) is 0 Å². The van der Waals surface area contributed by atoms with Gasteiger partial charge in [-0.3, -0.25) is 14.5 Å². The summed E-state index contributed by atoms with van der Waals surface area (Å²) >= 11 is 0. The number of hydrogen-bond acceptors (Lipinski definition) is 4. The van der Waals surface area contributed by atoms with Gasteiger partial charge >= 0.3 is 5.97 Å². The van der Waals surface area contributed by atoms with Gasteiger partial charge in [-0.05, 0) is 18.4 Å². The molecule has 0 amide bonds. The zero-order chi connectivity index (χ0) is 15.9. The van der Waals surface area contributed by atoms with Crippen LogP contribution in [0.2, 0.25) is 0 Å². The minimum absolute atomic E-state index is 0. The molecule has 130 valence electrons. The third-order valence-corrected chi connectivity index (χ3v) is 4.03. The summed E-state index contributed by atoms with van der Waals surface area (Å²) in [6.07, 6.45) is 4.70. The molecule has 0 aromatic carbocycles. The molecule has 8 heteroatoms. The number of nitrogens with one attached hydrogen (secondary N) is 1. The molecule has 1 fully saturated rings. The summed E-state index contributed by atoms with van der Waals surface area (Å²) in [6, 6.07) is 1.92. The number of methoxy groups -OCH3 is 1. The molecule has 7 nitrogen and oxygen atoms in total. The van der Waals surface area contributed by atoms with Crippen molar-refractivity contribution in [2.45, 2.75) is 19.9 Å². The second-order valence-electron chi connectivity index (χ2n) is 5.61. The van der Waals surface area contributed by atoms with Crippen molar-refractivity contribution in [3.63, 3.8) is 0 Å². The molecular formula is C15H26IN5O2. The Morgan fingerprint density at radius 1 is 1.48 bits per heavy atom. The number of ether oxygens (including phenoxy) is 1. The van der Waals surface area contributed by atoms with Crippen molar-refractivity contribution in [1.29, 1.82) is 0 Å². The molecule has 0 bridgehead atoms. The highest BCUT2D eigenvalue weighted by Gasteiger charge is 2.36. The van der Waals surface area contributed by atoms with Crippen LogP contribution in [0, 0.1) is 11.8 Å². The predicted octanol–water partition coefficient (Wildman–Crippen LogP) is 1.21. The van der Waals surface area contributed by atoms with Crippen molar-refractivity contribution in [2.24, 2.45) is 16.8 Å². The van der Waals surface area contributed by atoms with Gasteiger partial charge in [-0.15, -0.1) is 24.0 Å². The lowest BCUT2D eigenvalue weighted by molar-refractivity contribution is -0.145. The van der Waals surface area contributed by atoms with Gasteiger partial charge in [0, 0.05) is 45.6 Å². The number of esters is 1. The van der Waals surface area contributed by atoms with E-state index in [1.54, 1.807) is 13.2 Å². The third kappa shape index (κ3) is 5.36. The highest BCUT2D eigenvalue weighted by molar-refractivity contribution is 14.0. The van der Waals surface area contributed by atoms with Crippen LogP contribution in [-0.2, 0) is 16.1 Å². The van der Waals surface area contributed by atoms with E-state index in [1.165, 1.54) is 7.11 Å². The number of carbonyl (C=O) groups is 1. The van der Waals surface area contributed by atoms with Gasteiger partial charge in [-0.1, -0.05) is 6.92 Å². The number of aryl methyl sites for hydroxylation is 1. The highest BCUT2D eigenvalue weighted by atomic mass is 127. The molecule has 1 N–H and O–H groups in total. The lowest BCUT2D eigenvalue weighted by atomic mass is 9.99. The van der Waals surface area contributed by atoms with Crippen molar-refractivity contribution in [3.05, 3.63) is 18.5 Å². The molecule has 0 radical (unpaired) electrons. The van der Waals surface area contributed by atoms with Crippen molar-refractivity contribution >= 4 is 35.9 Å². The van der Waals surface area contributed by atoms with Crippen molar-refractivity contribution in [3.8, 4) is 0 Å². The van der Waals surface area contributed by atoms with E-state index in [9.17, 15) is 4.79 Å². The van der Waals surface area contributed by atoms with Crippen LogP contribution in [0.15, 0.2) is 23.5 Å². The van der Waals surface area contributed by atoms with Gasteiger partial charge in [0.1, 0.15) is 0 Å². The quantitative estimate of drug-likeness (QED) is 0.248. The first kappa shape index (κ1) is 19.7. The Balaban J connectivity index is 0.00000264. The SMILES string of the molecule is CN=C(NCCCn1cccn1)N1CC(C)C(C(=O)OC)C1.I. The van der Waals surface area contributed by atoms with Crippen molar-refractivity contribution in [1.82, 2.24) is 20.0 Å². The van der Waals surface area contributed by atoms with E-state index in [-0.39, 0.29) is 41.8 Å². The molecule has 2 rings (SSSR count). The molecule has 1 saturated heterocycles. The van der Waals surface area contributed by atoms with Crippen LogP contribution in [0.3, 0.4) is 0 Å². The fourth-order valence-electron chi connectivity index (χ4n) is 2.80. The first-order chi connectivity index (χ1) is 10.7. The van der Waals surface area contributed by atoms with E-state index >= 15 is 0 Å². The number of likely N-dealkylation sites (tertiary alicyclic amines) is 1. The van der Waals surface area contributed by atoms with Gasteiger partial charge in [-0.25, -0.2) is 0 Å². The summed E-state index contributed by atoms with van der Waals surface area (Å²) in [5.74, 6) is 0.908. The molecule has 0 spiro atoms. The zero-order valence-corrected chi connectivity index (χ0v) is 16.3. The number of rotatable bonds is 5. The molecule has 2 atom stereocenters. The third-order valence-electron chi connectivity index (χ3n) is 4.03. The lowest BCUT2D eigenvalue weighted by Gasteiger charge is -2.21. The van der Waals surface area contributed by atoms with Crippen LogP contribution in [0.4, 0.5) is 0 Å². The maximum atomic E-state index is 11.8. The monoisotopic (exact) mass is 435 g/mol. The fraction of sp³-hybridized carbons (Fsp3) is 0.667. The molecule has 2 unspecified atom stereocenters. The maximum Gasteiger partial charge on any atom is 0.310 e. The molecular weight excluding hydrogens is 409 g/mol. The Hall–Kier alpha value is -1.32. The van der Waals surface area contributed by atoms with Crippen molar-refractivity contribution < 1.29 is 9.53 Å². The molecule has 1 aliphatic heterocycles. The summed E-state index contributed by atoms with van der Waals surface area (Å²) in [5, 5.41) is 7.53. The summed E-state index contributed by atoms with van der Waals surface area (Å²) in [7, 11) is 3.21. The summed E-state index contributed by atoms with van der Waals surface area (Å²) in [6.45, 7) is 5.25. The van der Waals surface area contributed by atoms with Crippen LogP contribution in [-0.4, -0.2) is 60.4 Å². The minimum Gasteiger partial charge on any atom is -0.469 e. The number of carbonyl (C=O) groups excluding carboxylic acids is 1. The zero-order valence-electron chi connectivity index (χ0n) is 13.9. The van der Waals surface area contributed by atoms with Gasteiger partial charge in [-0.2, -0.15) is 5.10 Å². The average molecular weight is 435 g/mol. The molecule has 2 heterocycles. The Morgan fingerprint density at radius 3 is 2.87 bits per heavy atom. The Kier molecular flexibility index (Phi) is 8.35. The maximum absolute atomic E-state index is 11.8. The Labute approximate surface area is 154 Å². The number of halogens is 1. The second kappa shape index (κ2) is 9.74. The minimum atomic E-state index is -0.135. The van der Waals surface area contributed by atoms with Crippen LogP contribution < -0.4 is 5.32 Å². The molecule has 1 aromatic heterocycles. The van der Waals surface area contributed by atoms with Gasteiger partial charge in [0.05, 0.1) is 13.0 Å². The molecule has 0 saturated carbocycles. The number of aliphatic imine (C=N–C) groups is 1. The molecule has 1 aromatic rings. The molecule has 23 heavy (non-hydrogen) atoms. The largest absolute Gasteiger partial charge is 0.469 e. The van der Waals surface area contributed by atoms with Crippen LogP contribution >= 0.6 is 24.0 Å². The molecule has 0 aliphatic carbocycles. The average Bonchev–Trinajstić information content (AvgIpc) is 3.16. The van der Waals surface area contributed by atoms with E-state index in [0.717, 1.165) is 32.0 Å². The number of hydrogen-bond donors (Lipinski definition) is 1. The van der Waals surface area contributed by atoms with Gasteiger partial charge in [0.25, 0.3) is 0 Å². The summed E-state index contributed by atoms with van der Waals surface area (Å²) < 4.78 is 6.78. The standard InChI is InChI=1S/C15H25N5O2.HI/c1-12-10-19(11-13(12)14(21)22-3)15(16-2)17-6-4-8-20-9-5-7-18-20;/h5,7,9,12-13H,4,6,8,10-11H2,1-3H3,(H,16,17);1H. The highest BCUT2D eigenvalue weighted by Crippen LogP contribution is 2.23. The van der Waals surface area contributed by atoms with E-state index in [4.69, 9.17) is 4.74 Å². The normalized spacial score (nSPS) is 21.0. The topological polar surface area (TPSA) is 71.8 Å². The fourth-order valence-corrected chi connectivity index (χ4v) is 2.80. The summed E-state index contributed by atoms with van der Waals surface area (Å²) in [5.41, 5.74) is 0. The van der Waals surface area contributed by atoms with Crippen molar-refractivity contribution in [2.75, 3.05) is 33.8 Å². The number of guanidine groups is 1. The van der Waals surface area contributed by atoms with Crippen LogP contribution in [0.1, 0.15) is 13.3 Å². The Bertz CT molecular complexity index is 506. The summed E-state index contributed by atoms with van der Waals surface area (Å²) in [4.78, 5) is 18.2. The smallest absolute Gasteiger partial charge is 0.310 e. The van der Waals surface area contributed by atoms with Gasteiger partial charge < -0.3 is 15.0 Å². The van der Waals surface area contributed by atoms with Crippen LogP contribution in [0.5, 0.6) is 0 Å². The predicted molar refractivity (Wildman–Crippen MR) is 99.9 cm³/mol. The van der Waals surface area contributed by atoms with E-state index in [0.29, 0.717) is 6.54 Å². The van der Waals surface area contributed by atoms with E-state index < -0.39 is 0 Å². The molecule has 1 aliphatic rings. The Morgan fingerprint density at radius 2 is 2.26 bits per heavy atom. The first-order valence-corrected chi connectivity index (χ1v) is 7.66. The number of aromatic nitrogens is 2. The van der Waals surface area contributed by atoms with Gasteiger partial charge in [0.15, 0.2) is 5.96 Å². The first-order valence-electron chi connectivity index (χ1n) is 7.66. The van der Waals surface area contributed by atoms with E-state index in [2.05, 4.69) is 27.2 Å².